The maximum atomic E-state index is 12.6. The number of alkyl halides is 3. The van der Waals surface area contributed by atoms with Gasteiger partial charge in [0.15, 0.2) is 5.76 Å². The molecule has 1 heterocycles. The number of nitrogens with zero attached hydrogens (tertiary/aromatic N) is 1. The Morgan fingerprint density at radius 3 is 2.19 bits per heavy atom. The molecule has 1 atom stereocenters. The highest BCUT2D eigenvalue weighted by Crippen LogP contribution is 2.35. The molecule has 0 fully saturated rings. The fourth-order valence-corrected chi connectivity index (χ4v) is 2.25. The van der Waals surface area contributed by atoms with Crippen molar-refractivity contribution in [2.45, 2.75) is 33.0 Å². The third-order valence-corrected chi connectivity index (χ3v) is 3.93. The molecule has 1 aromatic rings. The van der Waals surface area contributed by atoms with Crippen molar-refractivity contribution in [1.82, 2.24) is 5.06 Å². The number of halogens is 4. The second-order valence-electron chi connectivity index (χ2n) is 5.46. The molecule has 116 valence electrons. The Morgan fingerprint density at radius 1 is 1.14 bits per heavy atom. The van der Waals surface area contributed by atoms with E-state index in [2.05, 4.69) is 13.8 Å². The monoisotopic (exact) mass is 319 g/mol. The Kier molecular flexibility index (Phi) is 4.54. The molecule has 0 aliphatic carbocycles. The SMILES string of the molecule is CC(C)C(C)N1CC(Cl)=C(c2ccc(C(F)(F)F)cc2)O1. The van der Waals surface area contributed by atoms with E-state index in [1.54, 1.807) is 5.06 Å². The van der Waals surface area contributed by atoms with E-state index in [-0.39, 0.29) is 6.04 Å². The molecule has 0 spiro atoms. The molecule has 2 rings (SSSR count). The zero-order chi connectivity index (χ0) is 15.8. The van der Waals surface area contributed by atoms with Crippen molar-refractivity contribution in [3.8, 4) is 0 Å². The van der Waals surface area contributed by atoms with Gasteiger partial charge in [0, 0.05) is 11.6 Å². The quantitative estimate of drug-likeness (QED) is 0.785. The van der Waals surface area contributed by atoms with E-state index >= 15 is 0 Å². The van der Waals surface area contributed by atoms with E-state index < -0.39 is 11.7 Å². The summed E-state index contributed by atoms with van der Waals surface area (Å²) in [5, 5.41) is 2.25. The summed E-state index contributed by atoms with van der Waals surface area (Å²) in [5.41, 5.74) is -0.139. The highest BCUT2D eigenvalue weighted by atomic mass is 35.5. The first-order valence-electron chi connectivity index (χ1n) is 6.71. The normalized spacial score (nSPS) is 18.3. The van der Waals surface area contributed by atoms with Crippen LogP contribution in [-0.4, -0.2) is 17.6 Å². The topological polar surface area (TPSA) is 12.5 Å². The van der Waals surface area contributed by atoms with Gasteiger partial charge in [-0.3, -0.25) is 0 Å². The number of hydroxylamine groups is 2. The van der Waals surface area contributed by atoms with Gasteiger partial charge in [0.1, 0.15) is 0 Å². The van der Waals surface area contributed by atoms with Crippen LogP contribution in [0.5, 0.6) is 0 Å². The van der Waals surface area contributed by atoms with Gasteiger partial charge in [0.25, 0.3) is 0 Å². The molecule has 2 nitrogen and oxygen atoms in total. The van der Waals surface area contributed by atoms with Crippen molar-refractivity contribution >= 4 is 17.4 Å². The first kappa shape index (κ1) is 16.2. The Labute approximate surface area is 127 Å². The standard InChI is InChI=1S/C15H17ClF3NO/c1-9(2)10(3)20-8-13(16)14(21-20)11-4-6-12(7-5-11)15(17,18)19/h4-7,9-10H,8H2,1-3H3. The number of hydrogen-bond donors (Lipinski definition) is 0. The molecule has 6 heteroatoms. The van der Waals surface area contributed by atoms with Crippen molar-refractivity contribution in [1.29, 1.82) is 0 Å². The van der Waals surface area contributed by atoms with Gasteiger partial charge in [-0.25, -0.2) is 0 Å². The summed E-state index contributed by atoms with van der Waals surface area (Å²) >= 11 is 6.18. The van der Waals surface area contributed by atoms with Crippen LogP contribution in [0.4, 0.5) is 13.2 Å². The van der Waals surface area contributed by atoms with Crippen molar-refractivity contribution in [3.63, 3.8) is 0 Å². The van der Waals surface area contributed by atoms with Crippen LogP contribution in [0.2, 0.25) is 0 Å². The third-order valence-electron chi connectivity index (χ3n) is 3.64. The molecule has 1 aliphatic rings. The predicted octanol–water partition coefficient (Wildman–Crippen LogP) is 4.90. The lowest BCUT2D eigenvalue weighted by atomic mass is 10.1. The van der Waals surface area contributed by atoms with Crippen LogP contribution in [0.15, 0.2) is 29.3 Å². The molecule has 0 amide bonds. The van der Waals surface area contributed by atoms with Crippen molar-refractivity contribution < 1.29 is 18.0 Å². The summed E-state index contributed by atoms with van der Waals surface area (Å²) in [5.74, 6) is 0.805. The third kappa shape index (κ3) is 3.52. The molecular formula is C15H17ClF3NO. The molecule has 0 saturated heterocycles. The summed E-state index contributed by atoms with van der Waals surface area (Å²) in [7, 11) is 0. The Bertz CT molecular complexity index is 537. The van der Waals surface area contributed by atoms with Crippen molar-refractivity contribution in [2.24, 2.45) is 5.92 Å². The lowest BCUT2D eigenvalue weighted by molar-refractivity contribution is -0.137. The fraction of sp³-hybridized carbons (Fsp3) is 0.467. The zero-order valence-corrected chi connectivity index (χ0v) is 12.8. The summed E-state index contributed by atoms with van der Waals surface area (Å²) in [6, 6.07) is 4.98. The van der Waals surface area contributed by atoms with Crippen LogP contribution in [0.25, 0.3) is 5.76 Å². The summed E-state index contributed by atoms with van der Waals surface area (Å²) in [4.78, 5) is 5.71. The average molecular weight is 320 g/mol. The molecule has 0 aromatic heterocycles. The fourth-order valence-electron chi connectivity index (χ4n) is 1.99. The largest absolute Gasteiger partial charge is 0.416 e. The molecule has 1 unspecified atom stereocenters. The summed E-state index contributed by atoms with van der Waals surface area (Å²) < 4.78 is 37.7. The van der Waals surface area contributed by atoms with E-state index in [4.69, 9.17) is 16.4 Å². The van der Waals surface area contributed by atoms with E-state index in [1.165, 1.54) is 12.1 Å². The molecule has 0 N–H and O–H groups in total. The highest BCUT2D eigenvalue weighted by Gasteiger charge is 2.32. The van der Waals surface area contributed by atoms with E-state index in [0.29, 0.717) is 28.8 Å². The number of hydrogen-bond acceptors (Lipinski definition) is 2. The van der Waals surface area contributed by atoms with Gasteiger partial charge in [-0.15, -0.1) is 5.06 Å². The lowest BCUT2D eigenvalue weighted by Crippen LogP contribution is -2.33. The van der Waals surface area contributed by atoms with E-state index in [9.17, 15) is 13.2 Å². The van der Waals surface area contributed by atoms with Gasteiger partial charge >= 0.3 is 6.18 Å². The molecule has 1 aromatic carbocycles. The van der Waals surface area contributed by atoms with Gasteiger partial charge in [-0.1, -0.05) is 37.6 Å². The Morgan fingerprint density at radius 2 is 1.71 bits per heavy atom. The molecule has 0 saturated carbocycles. The van der Waals surface area contributed by atoms with Gasteiger partial charge in [0.05, 0.1) is 17.1 Å². The van der Waals surface area contributed by atoms with Gasteiger partial charge in [-0.05, 0) is 25.0 Å². The minimum Gasteiger partial charge on any atom is -0.403 e. The van der Waals surface area contributed by atoms with Crippen LogP contribution in [0, 0.1) is 5.92 Å². The maximum absolute atomic E-state index is 12.6. The van der Waals surface area contributed by atoms with E-state index in [1.807, 2.05) is 6.92 Å². The highest BCUT2D eigenvalue weighted by molar-refractivity contribution is 6.32. The molecular weight excluding hydrogens is 303 g/mol. The Balaban J connectivity index is 2.17. The van der Waals surface area contributed by atoms with Crippen molar-refractivity contribution in [3.05, 3.63) is 40.4 Å². The molecule has 21 heavy (non-hydrogen) atoms. The minimum atomic E-state index is -4.34. The second-order valence-corrected chi connectivity index (χ2v) is 5.92. The molecule has 1 aliphatic heterocycles. The first-order chi connectivity index (χ1) is 9.70. The minimum absolute atomic E-state index is 0.158. The number of rotatable bonds is 3. The maximum Gasteiger partial charge on any atom is 0.416 e. The average Bonchev–Trinajstić information content (AvgIpc) is 2.79. The van der Waals surface area contributed by atoms with Gasteiger partial charge in [0.2, 0.25) is 0 Å². The smallest absolute Gasteiger partial charge is 0.403 e. The van der Waals surface area contributed by atoms with Crippen LogP contribution in [0.3, 0.4) is 0 Å². The zero-order valence-electron chi connectivity index (χ0n) is 12.0. The van der Waals surface area contributed by atoms with Crippen molar-refractivity contribution in [2.75, 3.05) is 6.54 Å². The predicted molar refractivity (Wildman–Crippen MR) is 76.3 cm³/mol. The van der Waals surface area contributed by atoms with Gasteiger partial charge < -0.3 is 4.84 Å². The van der Waals surface area contributed by atoms with Gasteiger partial charge in [-0.2, -0.15) is 13.2 Å². The van der Waals surface area contributed by atoms with E-state index in [0.717, 1.165) is 12.1 Å². The summed E-state index contributed by atoms with van der Waals surface area (Å²) in [6.45, 7) is 6.60. The van der Waals surface area contributed by atoms with Crippen LogP contribution in [0.1, 0.15) is 31.9 Å². The second kappa shape index (κ2) is 5.89. The van der Waals surface area contributed by atoms with Crippen LogP contribution < -0.4 is 0 Å². The lowest BCUT2D eigenvalue weighted by Gasteiger charge is -2.26. The summed E-state index contributed by atoms with van der Waals surface area (Å²) in [6.07, 6.45) is -4.34. The molecule has 0 radical (unpaired) electrons. The Hall–Kier alpha value is -1.20. The first-order valence-corrected chi connectivity index (χ1v) is 7.09. The number of benzene rings is 1. The van der Waals surface area contributed by atoms with Crippen LogP contribution in [-0.2, 0) is 11.0 Å². The van der Waals surface area contributed by atoms with Crippen LogP contribution >= 0.6 is 11.6 Å². The molecule has 0 bridgehead atoms.